The van der Waals surface area contributed by atoms with Crippen LogP contribution in [0.3, 0.4) is 0 Å². The summed E-state index contributed by atoms with van der Waals surface area (Å²) in [6.07, 6.45) is 10.6. The van der Waals surface area contributed by atoms with Crippen molar-refractivity contribution >= 4 is 132 Å². The maximum Gasteiger partial charge on any atom is 0.220 e. The molecule has 0 bridgehead atoms. The molecular formula is C117H166N20+6. The summed E-state index contributed by atoms with van der Waals surface area (Å²) in [5.74, 6) is 0. The highest BCUT2D eigenvalue weighted by molar-refractivity contribution is 6.14. The third-order valence-electron chi connectivity index (χ3n) is 25.8. The Kier molecular flexibility index (Phi) is 43.5. The number of aromatic nitrogens is 4. The predicted octanol–water partition coefficient (Wildman–Crippen LogP) is 20.2. The van der Waals surface area contributed by atoms with Crippen molar-refractivity contribution in [1.29, 1.82) is 0 Å². The SMILES string of the molecule is C.C.CCCCN1CCNCC1.CCCCNCCNCCN.CCCC[N+](C)(C)CCN(C)C.CCCC[N+](C)(CC)CC.C[n+]1c(-c2ccccc2)c2cc(N)ccc2c2ccc(N)cc21.C[n+]1c(-c2ccccc2)c2cc(N)ccc2c2ccc(N)cc21.C[n+]1c(-c2ccccc2)c2cc(N)ccc2c2ccc(N)cc21.C[n+]1c(-c2ccccc2)c2cc(N)ccc2c2ccc(N)cc21. The molecule has 1 aliphatic heterocycles. The molecule has 0 spiro atoms. The summed E-state index contributed by atoms with van der Waals surface area (Å²) in [6, 6.07) is 90.1. The molecule has 16 aromatic rings. The van der Waals surface area contributed by atoms with Crippen molar-refractivity contribution in [3.63, 3.8) is 0 Å². The lowest BCUT2D eigenvalue weighted by Gasteiger charge is -2.31. The van der Waals surface area contributed by atoms with Crippen LogP contribution in [0.15, 0.2) is 267 Å². The van der Waals surface area contributed by atoms with Gasteiger partial charge in [0, 0.05) is 172 Å². The van der Waals surface area contributed by atoms with Crippen molar-refractivity contribution in [2.75, 3.05) is 186 Å². The molecule has 0 atom stereocenters. The lowest BCUT2D eigenvalue weighted by atomic mass is 9.98. The highest BCUT2D eigenvalue weighted by atomic mass is 15.3. The number of nitrogens with zero attached hydrogens (tertiary/aromatic N) is 8. The summed E-state index contributed by atoms with van der Waals surface area (Å²) in [5.41, 5.74) is 73.4. The van der Waals surface area contributed by atoms with Crippen LogP contribution in [0.5, 0.6) is 0 Å². The van der Waals surface area contributed by atoms with Crippen LogP contribution in [-0.2, 0) is 28.2 Å². The van der Waals surface area contributed by atoms with Gasteiger partial charge in [-0.2, -0.15) is 18.3 Å². The van der Waals surface area contributed by atoms with E-state index in [9.17, 15) is 0 Å². The summed E-state index contributed by atoms with van der Waals surface area (Å²) in [7, 11) is 19.6. The topological polar surface area (TPSA) is 292 Å². The fraction of sp³-hybridized carbons (Fsp3) is 0.350. The van der Waals surface area contributed by atoms with Crippen LogP contribution in [0, 0.1) is 0 Å². The van der Waals surface area contributed by atoms with Crippen LogP contribution >= 0.6 is 0 Å². The summed E-state index contributed by atoms with van der Waals surface area (Å²) in [6.45, 7) is 32.2. The van der Waals surface area contributed by atoms with E-state index in [2.05, 4.69) is 295 Å². The molecule has 0 saturated carbocycles. The molecule has 20 nitrogen and oxygen atoms in total. The zero-order valence-corrected chi connectivity index (χ0v) is 83.6. The van der Waals surface area contributed by atoms with Gasteiger partial charge < -0.3 is 86.3 Å². The van der Waals surface area contributed by atoms with Crippen LogP contribution in [0.4, 0.5) is 45.5 Å². The van der Waals surface area contributed by atoms with Gasteiger partial charge in [-0.3, -0.25) is 0 Å². The van der Waals surface area contributed by atoms with Gasteiger partial charge in [-0.1, -0.05) is 165 Å². The monoisotopic (exact) mass is 1850 g/mol. The molecule has 1 aliphatic rings. The van der Waals surface area contributed by atoms with Gasteiger partial charge in [0.2, 0.25) is 44.8 Å². The fourth-order valence-electron chi connectivity index (χ4n) is 17.6. The Balaban J connectivity index is 0.000000197. The van der Waals surface area contributed by atoms with Crippen LogP contribution in [0.2, 0.25) is 0 Å². The van der Waals surface area contributed by atoms with Gasteiger partial charge in [-0.25, -0.2) is 0 Å². The summed E-state index contributed by atoms with van der Waals surface area (Å²) >= 11 is 0. The normalized spacial score (nSPS) is 11.9. The van der Waals surface area contributed by atoms with Crippen molar-refractivity contribution in [2.45, 2.75) is 108 Å². The number of nitrogen functional groups attached to an aromatic ring is 8. The average Bonchev–Trinajstić information content (AvgIpc) is 0.759. The minimum Gasteiger partial charge on any atom is -0.399 e. The maximum absolute atomic E-state index is 6.06. The van der Waals surface area contributed by atoms with Crippen molar-refractivity contribution in [2.24, 2.45) is 33.9 Å². The van der Waals surface area contributed by atoms with Crippen molar-refractivity contribution < 1.29 is 27.2 Å². The van der Waals surface area contributed by atoms with Crippen LogP contribution in [-0.4, -0.2) is 159 Å². The van der Waals surface area contributed by atoms with Crippen LogP contribution < -0.4 is 85.8 Å². The van der Waals surface area contributed by atoms with E-state index in [0.29, 0.717) is 0 Å². The minimum atomic E-state index is 0. The van der Waals surface area contributed by atoms with Gasteiger partial charge in [-0.15, -0.1) is 0 Å². The molecule has 0 radical (unpaired) electrons. The highest BCUT2D eigenvalue weighted by Gasteiger charge is 2.27. The Morgan fingerprint density at radius 2 is 0.591 bits per heavy atom. The quantitative estimate of drug-likeness (QED) is 0.00789. The fourth-order valence-corrected chi connectivity index (χ4v) is 17.6. The van der Waals surface area contributed by atoms with E-state index < -0.39 is 0 Å². The van der Waals surface area contributed by atoms with Crippen molar-refractivity contribution in [3.8, 4) is 45.0 Å². The largest absolute Gasteiger partial charge is 0.399 e. The molecule has 5 heterocycles. The molecule has 728 valence electrons. The zero-order valence-electron chi connectivity index (χ0n) is 83.6. The lowest BCUT2D eigenvalue weighted by Crippen LogP contribution is -2.44. The van der Waals surface area contributed by atoms with Gasteiger partial charge in [0.15, 0.2) is 0 Å². The van der Waals surface area contributed by atoms with Crippen molar-refractivity contribution in [3.05, 3.63) is 267 Å². The molecule has 0 amide bonds. The summed E-state index contributed by atoms with van der Waals surface area (Å²) in [5, 5.41) is 24.0. The molecular weight excluding hydrogens is 1690 g/mol. The third kappa shape index (κ3) is 30.2. The minimum absolute atomic E-state index is 0. The number of aryl methyl sites for hydroxylation is 4. The smallest absolute Gasteiger partial charge is 0.220 e. The average molecular weight is 1850 g/mol. The lowest BCUT2D eigenvalue weighted by molar-refractivity contribution is -0.906. The van der Waals surface area contributed by atoms with Crippen LogP contribution in [0.25, 0.3) is 132 Å². The van der Waals surface area contributed by atoms with Gasteiger partial charge in [0.05, 0.1) is 97.0 Å². The zero-order chi connectivity index (χ0) is 97.1. The number of quaternary nitrogens is 2. The number of hydrogen-bond donors (Lipinski definition) is 12. The second-order valence-corrected chi connectivity index (χ2v) is 36.9. The molecule has 20 heteroatoms. The third-order valence-corrected chi connectivity index (χ3v) is 25.8. The Bertz CT molecular complexity index is 5740. The highest BCUT2D eigenvalue weighted by Crippen LogP contribution is 2.38. The molecule has 21 N–H and O–H groups in total. The molecule has 1 saturated heterocycles. The molecule has 1 fully saturated rings. The summed E-state index contributed by atoms with van der Waals surface area (Å²) < 4.78 is 11.2. The maximum atomic E-state index is 6.06. The number of anilines is 8. The second kappa shape index (κ2) is 54.4. The number of unbranched alkanes of at least 4 members (excludes halogenated alkanes) is 4. The van der Waals surface area contributed by atoms with Gasteiger partial charge in [-0.05, 0) is 212 Å². The van der Waals surface area contributed by atoms with E-state index in [-0.39, 0.29) is 14.9 Å². The number of piperazine rings is 1. The molecule has 0 unspecified atom stereocenters. The predicted molar refractivity (Wildman–Crippen MR) is 597 cm³/mol. The summed E-state index contributed by atoms with van der Waals surface area (Å²) in [4.78, 5) is 4.80. The first kappa shape index (κ1) is 110. The van der Waals surface area contributed by atoms with Gasteiger partial charge in [0.25, 0.3) is 0 Å². The van der Waals surface area contributed by atoms with Gasteiger partial charge >= 0.3 is 0 Å². The number of likely N-dealkylation sites (N-methyl/N-ethyl adjacent to an activating group) is 2. The van der Waals surface area contributed by atoms with E-state index in [1.165, 1.54) is 171 Å². The number of benzene rings is 12. The Morgan fingerprint density at radius 1 is 0.321 bits per heavy atom. The van der Waals surface area contributed by atoms with Crippen molar-refractivity contribution in [1.82, 2.24) is 25.8 Å². The number of nitrogens with one attached hydrogen (secondary N) is 3. The molecule has 137 heavy (non-hydrogen) atoms. The first-order chi connectivity index (χ1) is 65.1. The van der Waals surface area contributed by atoms with E-state index in [1.54, 1.807) is 0 Å². The number of rotatable bonds is 26. The Morgan fingerprint density at radius 3 is 0.861 bits per heavy atom. The van der Waals surface area contributed by atoms with E-state index in [4.69, 9.17) is 51.6 Å². The van der Waals surface area contributed by atoms with Crippen LogP contribution in [0.1, 0.15) is 108 Å². The van der Waals surface area contributed by atoms with E-state index >= 15 is 0 Å². The number of fused-ring (bicyclic) bond motifs is 12. The van der Waals surface area contributed by atoms with E-state index in [1.807, 2.05) is 121 Å². The first-order valence-electron chi connectivity index (χ1n) is 48.8. The standard InChI is InChI=1S/4C20H17N3.C10H25N2.C9H22N.C8H21N3.C8H18N2.2CH4/c4*1-23-19-12-15(22)8-10-17(19)16-9-7-14(21)11-18(16)20(23)13-5-3-2-4-6-13;1-6-7-9-12(4,5)10-8-11(2)3;1-5-8-9-10(4,6-2)7-3;1-2-3-5-10-7-8-11-6-4-9;1-2-3-6-10-7-4-9-5-8-10;;/h4*2-12,22H,21H2,1H3;6-10H2,1-5H3;5-9H2,1-4H3;10-11H,2-9H2,1H3;9H,2-8H2,1H3;2*1H4/q;;;;2*+1;;;;/p+4. The first-order valence-corrected chi connectivity index (χ1v) is 48.8. The Labute approximate surface area is 819 Å². The van der Waals surface area contributed by atoms with E-state index in [0.717, 1.165) is 171 Å². The second-order valence-electron chi connectivity index (χ2n) is 36.9. The molecule has 4 aromatic heterocycles. The molecule has 12 aromatic carbocycles. The molecule has 0 aliphatic carbocycles. The number of hydrogen-bond acceptors (Lipinski definition) is 14. The Hall–Kier alpha value is -12.6. The number of nitrogens with two attached hydrogens (primary N) is 9. The number of pyridine rings is 4. The molecule has 17 rings (SSSR count). The van der Waals surface area contributed by atoms with Gasteiger partial charge in [0.1, 0.15) is 28.2 Å².